The van der Waals surface area contributed by atoms with E-state index in [-0.39, 0.29) is 29.8 Å². The van der Waals surface area contributed by atoms with Crippen LogP contribution in [0.15, 0.2) is 48.5 Å². The van der Waals surface area contributed by atoms with Crippen molar-refractivity contribution in [2.75, 3.05) is 26.2 Å². The van der Waals surface area contributed by atoms with Gasteiger partial charge in [-0.05, 0) is 36.9 Å². The molecule has 3 rings (SSSR count). The number of benzene rings is 2. The second-order valence-corrected chi connectivity index (χ2v) is 6.73. The lowest BCUT2D eigenvalue weighted by molar-refractivity contribution is 0.0642. The lowest BCUT2D eigenvalue weighted by Gasteiger charge is -2.18. The number of rotatable bonds is 8. The highest BCUT2D eigenvalue weighted by atomic mass is 16.2. The van der Waals surface area contributed by atoms with E-state index in [1.807, 2.05) is 30.3 Å². The number of carbonyl (C=O) groups is 3. The zero-order valence-corrected chi connectivity index (χ0v) is 16.3. The van der Waals surface area contributed by atoms with Gasteiger partial charge in [0.15, 0.2) is 0 Å². The van der Waals surface area contributed by atoms with E-state index in [2.05, 4.69) is 24.1 Å². The highest BCUT2D eigenvalue weighted by Crippen LogP contribution is 2.25. The van der Waals surface area contributed by atoms with Crippen LogP contribution in [0.25, 0.3) is 0 Å². The summed E-state index contributed by atoms with van der Waals surface area (Å²) in [4.78, 5) is 41.2. The molecule has 1 aliphatic rings. The van der Waals surface area contributed by atoms with E-state index in [0.717, 1.165) is 25.2 Å². The molecule has 0 saturated carbocycles. The lowest BCUT2D eigenvalue weighted by Crippen LogP contribution is -2.34. The first-order valence-corrected chi connectivity index (χ1v) is 9.59. The number of nitrogens with zero attached hydrogens (tertiary/aromatic N) is 2. The molecular formula is C22H25N3O3. The Morgan fingerprint density at radius 3 is 2.32 bits per heavy atom. The van der Waals surface area contributed by atoms with Gasteiger partial charge in [0.1, 0.15) is 0 Å². The van der Waals surface area contributed by atoms with Crippen molar-refractivity contribution in [3.05, 3.63) is 70.8 Å². The Bertz CT molecular complexity index is 876. The minimum Gasteiger partial charge on any atom is -0.351 e. The monoisotopic (exact) mass is 379 g/mol. The van der Waals surface area contributed by atoms with E-state index in [0.29, 0.717) is 17.7 Å². The van der Waals surface area contributed by atoms with Gasteiger partial charge in [0.05, 0.1) is 17.7 Å². The number of imide groups is 1. The summed E-state index contributed by atoms with van der Waals surface area (Å²) >= 11 is 0. The highest BCUT2D eigenvalue weighted by Gasteiger charge is 2.35. The van der Waals surface area contributed by atoms with Gasteiger partial charge < -0.3 is 10.2 Å². The maximum atomic E-state index is 12.7. The van der Waals surface area contributed by atoms with E-state index in [1.165, 1.54) is 11.0 Å². The van der Waals surface area contributed by atoms with E-state index in [1.54, 1.807) is 12.1 Å². The van der Waals surface area contributed by atoms with Gasteiger partial charge in [0.2, 0.25) is 0 Å². The maximum Gasteiger partial charge on any atom is 0.261 e. The number of amides is 3. The number of fused-ring (bicyclic) bond motifs is 1. The fourth-order valence-electron chi connectivity index (χ4n) is 3.31. The molecule has 0 unspecified atom stereocenters. The average Bonchev–Trinajstić information content (AvgIpc) is 2.96. The molecule has 0 aromatic heterocycles. The third kappa shape index (κ3) is 4.12. The summed E-state index contributed by atoms with van der Waals surface area (Å²) < 4.78 is 0. The quantitative estimate of drug-likeness (QED) is 0.716. The summed E-state index contributed by atoms with van der Waals surface area (Å²) in [6.45, 7) is 7.54. The third-order valence-electron chi connectivity index (χ3n) is 5.02. The van der Waals surface area contributed by atoms with Crippen molar-refractivity contribution in [2.45, 2.75) is 20.4 Å². The number of carbonyl (C=O) groups excluding carboxylic acids is 3. The van der Waals surface area contributed by atoms with Crippen LogP contribution in [0.5, 0.6) is 0 Å². The molecule has 0 bridgehead atoms. The smallest absolute Gasteiger partial charge is 0.261 e. The van der Waals surface area contributed by atoms with Gasteiger partial charge in [-0.2, -0.15) is 0 Å². The molecule has 6 heteroatoms. The molecular weight excluding hydrogens is 354 g/mol. The predicted molar refractivity (Wildman–Crippen MR) is 107 cm³/mol. The Labute approximate surface area is 165 Å². The van der Waals surface area contributed by atoms with Crippen LogP contribution in [0.1, 0.15) is 50.5 Å². The number of nitrogens with one attached hydrogen (secondary N) is 1. The molecule has 0 radical (unpaired) electrons. The van der Waals surface area contributed by atoms with Gasteiger partial charge in [-0.25, -0.2) is 0 Å². The molecule has 0 spiro atoms. The summed E-state index contributed by atoms with van der Waals surface area (Å²) in [6.07, 6.45) is 0. The molecule has 2 aromatic rings. The summed E-state index contributed by atoms with van der Waals surface area (Å²) in [5.41, 5.74) is 1.91. The van der Waals surface area contributed by atoms with Gasteiger partial charge in [-0.15, -0.1) is 0 Å². The molecule has 6 nitrogen and oxygen atoms in total. The zero-order chi connectivity index (χ0) is 20.1. The third-order valence-corrected chi connectivity index (χ3v) is 5.02. The summed E-state index contributed by atoms with van der Waals surface area (Å²) in [5.74, 6) is -0.921. The first-order valence-electron chi connectivity index (χ1n) is 9.59. The van der Waals surface area contributed by atoms with Crippen molar-refractivity contribution in [1.82, 2.24) is 15.1 Å². The molecule has 0 fully saturated rings. The van der Waals surface area contributed by atoms with Crippen LogP contribution in [0, 0.1) is 0 Å². The van der Waals surface area contributed by atoms with Crippen molar-refractivity contribution < 1.29 is 14.4 Å². The Hall–Kier alpha value is -2.99. The Morgan fingerprint density at radius 1 is 0.964 bits per heavy atom. The summed E-state index contributed by atoms with van der Waals surface area (Å²) in [6, 6.07) is 14.1. The molecule has 0 saturated heterocycles. The van der Waals surface area contributed by atoms with E-state index in [9.17, 15) is 14.4 Å². The molecule has 2 aromatic carbocycles. The second kappa shape index (κ2) is 8.80. The standard InChI is InChI=1S/C22H25N3O3/c1-3-24(4-2)13-12-23-20(26)17-10-11-18-19(14-17)22(28)25(21(18)27)15-16-8-6-5-7-9-16/h5-11,14H,3-4,12-13,15H2,1-2H3,(H,23,26). The first kappa shape index (κ1) is 19.8. The molecule has 1 heterocycles. The molecule has 1 aliphatic heterocycles. The molecule has 1 N–H and O–H groups in total. The van der Waals surface area contributed by atoms with Gasteiger partial charge in [-0.3, -0.25) is 19.3 Å². The van der Waals surface area contributed by atoms with Gasteiger partial charge in [0.25, 0.3) is 17.7 Å². The van der Waals surface area contributed by atoms with Crippen LogP contribution in [-0.2, 0) is 6.54 Å². The normalized spacial score (nSPS) is 13.2. The largest absolute Gasteiger partial charge is 0.351 e. The van der Waals surface area contributed by atoms with Crippen LogP contribution >= 0.6 is 0 Å². The first-order chi connectivity index (χ1) is 13.5. The van der Waals surface area contributed by atoms with Crippen molar-refractivity contribution in [3.8, 4) is 0 Å². The molecule has 3 amide bonds. The Morgan fingerprint density at radius 2 is 1.64 bits per heavy atom. The molecule has 146 valence electrons. The fourth-order valence-corrected chi connectivity index (χ4v) is 3.31. The Kier molecular flexibility index (Phi) is 6.21. The molecule has 28 heavy (non-hydrogen) atoms. The summed E-state index contributed by atoms with van der Waals surface area (Å²) in [5, 5.41) is 2.88. The van der Waals surface area contributed by atoms with Crippen LogP contribution in [-0.4, -0.2) is 53.7 Å². The zero-order valence-electron chi connectivity index (χ0n) is 16.3. The van der Waals surface area contributed by atoms with Gasteiger partial charge in [-0.1, -0.05) is 44.2 Å². The van der Waals surface area contributed by atoms with Gasteiger partial charge >= 0.3 is 0 Å². The fraction of sp³-hybridized carbons (Fsp3) is 0.318. The minimum atomic E-state index is -0.360. The Balaban J connectivity index is 1.70. The van der Waals surface area contributed by atoms with Crippen LogP contribution < -0.4 is 5.32 Å². The second-order valence-electron chi connectivity index (χ2n) is 6.73. The van der Waals surface area contributed by atoms with Crippen molar-refractivity contribution >= 4 is 17.7 Å². The van der Waals surface area contributed by atoms with Crippen LogP contribution in [0.4, 0.5) is 0 Å². The highest BCUT2D eigenvalue weighted by molar-refractivity contribution is 6.22. The van der Waals surface area contributed by atoms with Crippen molar-refractivity contribution in [3.63, 3.8) is 0 Å². The summed E-state index contributed by atoms with van der Waals surface area (Å²) in [7, 11) is 0. The van der Waals surface area contributed by atoms with Crippen LogP contribution in [0.2, 0.25) is 0 Å². The lowest BCUT2D eigenvalue weighted by atomic mass is 10.1. The molecule has 0 aliphatic carbocycles. The van der Waals surface area contributed by atoms with Crippen molar-refractivity contribution in [2.24, 2.45) is 0 Å². The number of likely N-dealkylation sites (N-methyl/N-ethyl adjacent to an activating group) is 1. The average molecular weight is 379 g/mol. The van der Waals surface area contributed by atoms with Gasteiger partial charge in [0, 0.05) is 18.7 Å². The van der Waals surface area contributed by atoms with Crippen molar-refractivity contribution in [1.29, 1.82) is 0 Å². The maximum absolute atomic E-state index is 12.7. The van der Waals surface area contributed by atoms with E-state index < -0.39 is 0 Å². The van der Waals surface area contributed by atoms with Crippen LogP contribution in [0.3, 0.4) is 0 Å². The minimum absolute atomic E-state index is 0.221. The number of hydrogen-bond donors (Lipinski definition) is 1. The molecule has 0 atom stereocenters. The van der Waals surface area contributed by atoms with E-state index >= 15 is 0 Å². The SMILES string of the molecule is CCN(CC)CCNC(=O)c1ccc2c(c1)C(=O)N(Cc1ccccc1)C2=O. The topological polar surface area (TPSA) is 69.7 Å². The predicted octanol–water partition coefficient (Wildman–Crippen LogP) is 2.55. The number of hydrogen-bond acceptors (Lipinski definition) is 4. The van der Waals surface area contributed by atoms with E-state index in [4.69, 9.17) is 0 Å².